The van der Waals surface area contributed by atoms with Crippen molar-refractivity contribution in [2.45, 2.75) is 83.1 Å². The number of carboxylic acids is 6. The van der Waals surface area contributed by atoms with E-state index in [1.165, 1.54) is 27.8 Å². The molecule has 4 heterocycles. The molecule has 2 aliphatic heterocycles. The van der Waals surface area contributed by atoms with E-state index in [0.29, 0.717) is 34.3 Å². The van der Waals surface area contributed by atoms with Gasteiger partial charge in [0.05, 0.1) is 0 Å². The summed E-state index contributed by atoms with van der Waals surface area (Å²) in [4.78, 5) is 80.7. The second-order valence-electron chi connectivity index (χ2n) is 13.9. The Hall–Kier alpha value is -5.37. The minimum atomic E-state index is -1.23. The summed E-state index contributed by atoms with van der Waals surface area (Å²) in [5, 5.41) is 59.4. The highest BCUT2D eigenvalue weighted by Gasteiger charge is 2.33. The lowest BCUT2D eigenvalue weighted by atomic mass is 10.0. The van der Waals surface area contributed by atoms with Crippen LogP contribution in [0.5, 0.6) is 0 Å². The number of rotatable bonds is 15. The molecule has 0 aliphatic carbocycles. The third kappa shape index (κ3) is 16.5. The van der Waals surface area contributed by atoms with Crippen LogP contribution >= 0.6 is 45.9 Å². The molecule has 4 aromatic rings. The third-order valence-electron chi connectivity index (χ3n) is 9.38. The van der Waals surface area contributed by atoms with Crippen molar-refractivity contribution in [2.24, 2.45) is 0 Å². The van der Waals surface area contributed by atoms with Crippen molar-refractivity contribution in [3.63, 3.8) is 0 Å². The van der Waals surface area contributed by atoms with Crippen LogP contribution in [0.25, 0.3) is 0 Å². The maximum atomic E-state index is 11.7. The molecule has 334 valence electrons. The first-order valence-corrected chi connectivity index (χ1v) is 21.6. The quantitative estimate of drug-likeness (QED) is 0.0637. The number of halogens is 2. The standard InChI is InChI=1S/2C15H14ClNO2S.C7H11NO5.C5H8O4/c2*16-12-4-2-1-3-11(12)14(15(18)19)17-7-5-13-10(9-17)6-8-20-13;1-4(9)8-5(7(12)13)2-3-6(10)11;6-4(7)2-1-3-5(8)9/h2*1-4,6,8,14H,5,7,9H2,(H,18,19);5H,2-3H2,1H3,(H,8,9)(H,10,11)(H,12,13);1-3H2,(H,6,7)(H,8,9)/t2*14-;5-;/m000./s1. The average molecular weight is 937 g/mol. The summed E-state index contributed by atoms with van der Waals surface area (Å²) in [5.74, 6) is -6.40. The van der Waals surface area contributed by atoms with Gasteiger partial charge in [-0.2, -0.15) is 0 Å². The Labute approximate surface area is 374 Å². The lowest BCUT2D eigenvalue weighted by molar-refractivity contribution is -0.145. The van der Waals surface area contributed by atoms with Crippen molar-refractivity contribution >= 4 is 87.6 Å². The zero-order valence-corrected chi connectivity index (χ0v) is 36.6. The number of carbonyl (C=O) groups is 7. The van der Waals surface area contributed by atoms with Crippen LogP contribution in [0.4, 0.5) is 0 Å². The first-order valence-electron chi connectivity index (χ1n) is 19.1. The topological polar surface area (TPSA) is 259 Å². The van der Waals surface area contributed by atoms with Gasteiger partial charge in [-0.3, -0.25) is 38.6 Å². The van der Waals surface area contributed by atoms with Crippen LogP contribution in [0.1, 0.15) is 83.1 Å². The summed E-state index contributed by atoms with van der Waals surface area (Å²) >= 11 is 15.8. The van der Waals surface area contributed by atoms with Crippen molar-refractivity contribution < 1.29 is 64.2 Å². The fourth-order valence-electron chi connectivity index (χ4n) is 6.51. The maximum Gasteiger partial charge on any atom is 0.326 e. The SMILES string of the molecule is CC(=O)N[C@@H](CCC(=O)O)C(=O)O.O=C(O)CCCC(=O)O.O=C(O)[C@H](c1ccccc1Cl)N1CCc2sccc2C1.O=C(O)[C@H](c1ccccc1Cl)N1CCc2sccc2C1. The molecule has 0 saturated carbocycles. The molecule has 7 N–H and O–H groups in total. The summed E-state index contributed by atoms with van der Waals surface area (Å²) in [6.45, 7) is 4.00. The average Bonchev–Trinajstić information content (AvgIpc) is 3.88. The summed E-state index contributed by atoms with van der Waals surface area (Å²) in [7, 11) is 0. The zero-order chi connectivity index (χ0) is 45.9. The van der Waals surface area contributed by atoms with Gasteiger partial charge in [0.2, 0.25) is 5.91 Å². The van der Waals surface area contributed by atoms with Crippen LogP contribution in [0.15, 0.2) is 71.4 Å². The van der Waals surface area contributed by atoms with Crippen molar-refractivity contribution in [2.75, 3.05) is 13.1 Å². The molecule has 62 heavy (non-hydrogen) atoms. The predicted octanol–water partition coefficient (Wildman–Crippen LogP) is 6.94. The highest BCUT2D eigenvalue weighted by molar-refractivity contribution is 7.10. The lowest BCUT2D eigenvalue weighted by Gasteiger charge is -2.32. The van der Waals surface area contributed by atoms with E-state index in [9.17, 15) is 43.8 Å². The van der Waals surface area contributed by atoms with E-state index in [-0.39, 0.29) is 32.1 Å². The molecular weight excluding hydrogens is 890 g/mol. The van der Waals surface area contributed by atoms with Crippen LogP contribution in [-0.2, 0) is 59.5 Å². The Kier molecular flexibility index (Phi) is 21.0. The Morgan fingerprint density at radius 3 is 1.35 bits per heavy atom. The first kappa shape index (κ1) is 51.0. The van der Waals surface area contributed by atoms with Crippen molar-refractivity contribution in [3.05, 3.63) is 113 Å². The lowest BCUT2D eigenvalue weighted by Crippen LogP contribution is -2.39. The molecule has 0 unspecified atom stereocenters. The second kappa shape index (κ2) is 25.5. The van der Waals surface area contributed by atoms with Gasteiger partial charge in [0.1, 0.15) is 18.1 Å². The van der Waals surface area contributed by atoms with Gasteiger partial charge in [-0.15, -0.1) is 22.7 Å². The van der Waals surface area contributed by atoms with Crippen LogP contribution in [0.2, 0.25) is 10.0 Å². The second-order valence-corrected chi connectivity index (χ2v) is 16.7. The molecule has 0 saturated heterocycles. The molecule has 3 atom stereocenters. The summed E-state index contributed by atoms with van der Waals surface area (Å²) in [5.41, 5.74) is 3.81. The number of hydrogen-bond acceptors (Lipinski definition) is 11. The molecule has 1 amide bonds. The number of amides is 1. The number of nitrogens with zero attached hydrogens (tertiary/aromatic N) is 2. The molecule has 0 fully saturated rings. The molecule has 20 heteroatoms. The molecule has 2 aliphatic rings. The predicted molar refractivity (Wildman–Crippen MR) is 232 cm³/mol. The van der Waals surface area contributed by atoms with Gasteiger partial charge in [-0.05, 0) is 83.0 Å². The zero-order valence-electron chi connectivity index (χ0n) is 33.4. The largest absolute Gasteiger partial charge is 0.481 e. The summed E-state index contributed by atoms with van der Waals surface area (Å²) in [6.07, 6.45) is 1.51. The maximum absolute atomic E-state index is 11.7. The van der Waals surface area contributed by atoms with Gasteiger partial charge in [-0.25, -0.2) is 4.79 Å². The minimum absolute atomic E-state index is 0.0632. The number of carboxylic acid groups (broad SMARTS) is 6. The Morgan fingerprint density at radius 2 is 1.02 bits per heavy atom. The molecule has 6 rings (SSSR count). The number of nitrogens with one attached hydrogen (secondary N) is 1. The van der Waals surface area contributed by atoms with Gasteiger partial charge in [0.25, 0.3) is 0 Å². The fraction of sp³-hybridized carbons (Fsp3) is 0.357. The van der Waals surface area contributed by atoms with E-state index in [1.54, 1.807) is 46.9 Å². The normalized spacial score (nSPS) is 14.5. The molecule has 16 nitrogen and oxygen atoms in total. The first-order chi connectivity index (χ1) is 29.4. The Bertz CT molecular complexity index is 2050. The van der Waals surface area contributed by atoms with E-state index in [0.717, 1.165) is 25.9 Å². The number of carbonyl (C=O) groups excluding carboxylic acids is 1. The van der Waals surface area contributed by atoms with E-state index >= 15 is 0 Å². The van der Waals surface area contributed by atoms with Gasteiger partial charge >= 0.3 is 35.8 Å². The van der Waals surface area contributed by atoms with E-state index in [1.807, 2.05) is 34.1 Å². The number of benzene rings is 2. The fourth-order valence-corrected chi connectivity index (χ4v) is 8.77. The number of thiophene rings is 2. The van der Waals surface area contributed by atoms with Crippen LogP contribution < -0.4 is 5.32 Å². The highest BCUT2D eigenvalue weighted by Crippen LogP contribution is 2.35. The molecular formula is C42H47Cl2N3O13S2. The van der Waals surface area contributed by atoms with E-state index < -0.39 is 59.8 Å². The Balaban J connectivity index is 0.000000231. The highest BCUT2D eigenvalue weighted by atomic mass is 35.5. The van der Waals surface area contributed by atoms with Crippen LogP contribution in [0.3, 0.4) is 0 Å². The monoisotopic (exact) mass is 935 g/mol. The number of fused-ring (bicyclic) bond motifs is 2. The Morgan fingerprint density at radius 1 is 0.613 bits per heavy atom. The van der Waals surface area contributed by atoms with Gasteiger partial charge in [0.15, 0.2) is 0 Å². The van der Waals surface area contributed by atoms with E-state index in [2.05, 4.69) is 28.2 Å². The molecule has 0 bridgehead atoms. The van der Waals surface area contributed by atoms with Crippen molar-refractivity contribution in [1.29, 1.82) is 0 Å². The van der Waals surface area contributed by atoms with E-state index in [4.69, 9.17) is 43.6 Å². The third-order valence-corrected chi connectivity index (χ3v) is 12.1. The number of hydrogen-bond donors (Lipinski definition) is 7. The van der Waals surface area contributed by atoms with Crippen molar-refractivity contribution in [3.8, 4) is 0 Å². The number of aliphatic carboxylic acids is 6. The summed E-state index contributed by atoms with van der Waals surface area (Å²) in [6, 6.07) is 16.1. The van der Waals surface area contributed by atoms with Crippen LogP contribution in [0, 0.1) is 0 Å². The van der Waals surface area contributed by atoms with Crippen molar-refractivity contribution in [1.82, 2.24) is 15.1 Å². The van der Waals surface area contributed by atoms with Gasteiger partial charge in [0, 0.05) is 72.2 Å². The molecule has 0 spiro atoms. The molecule has 2 aromatic carbocycles. The minimum Gasteiger partial charge on any atom is -0.481 e. The van der Waals surface area contributed by atoms with Gasteiger partial charge in [-0.1, -0.05) is 59.6 Å². The summed E-state index contributed by atoms with van der Waals surface area (Å²) < 4.78 is 0. The van der Waals surface area contributed by atoms with Gasteiger partial charge < -0.3 is 36.0 Å². The van der Waals surface area contributed by atoms with Crippen LogP contribution in [-0.4, -0.2) is 101 Å². The molecule has 0 radical (unpaired) electrons. The molecule has 2 aromatic heterocycles. The smallest absolute Gasteiger partial charge is 0.326 e.